The van der Waals surface area contributed by atoms with Crippen LogP contribution in [0.1, 0.15) is 30.7 Å². The summed E-state index contributed by atoms with van der Waals surface area (Å²) in [4.78, 5) is 16.6. The maximum absolute atomic E-state index is 14.5. The van der Waals surface area contributed by atoms with E-state index in [1.165, 1.54) is 61.3 Å². The summed E-state index contributed by atoms with van der Waals surface area (Å²) >= 11 is 14.2. The number of aromatic nitrogens is 2. The number of nitrogens with zero attached hydrogens (tertiary/aromatic N) is 3. The molecule has 50 heavy (non-hydrogen) atoms. The number of hydrogen-bond donors (Lipinski definition) is 3. The molecule has 0 aliphatic carbocycles. The lowest BCUT2D eigenvalue weighted by molar-refractivity contribution is 0.0200. The van der Waals surface area contributed by atoms with Gasteiger partial charge >= 0.3 is 6.03 Å². The Bertz CT molecular complexity index is 2140. The molecule has 1 aromatic heterocycles. The Balaban J connectivity index is 1.43. The Kier molecular flexibility index (Phi) is 11.4. The molecule has 4 N–H and O–H groups in total. The topological polar surface area (TPSA) is 175 Å². The molecule has 0 radical (unpaired) electrons. The van der Waals surface area contributed by atoms with Crippen LogP contribution in [-0.2, 0) is 36.0 Å². The van der Waals surface area contributed by atoms with Gasteiger partial charge in [0.15, 0.2) is 16.7 Å². The van der Waals surface area contributed by atoms with E-state index >= 15 is 0 Å². The zero-order chi connectivity index (χ0) is 36.4. The molecule has 268 valence electrons. The fourth-order valence-corrected chi connectivity index (χ4v) is 8.57. The molecule has 19 heteroatoms. The number of carbonyl (C=O) groups excluding carboxylic acids is 1. The summed E-state index contributed by atoms with van der Waals surface area (Å²) in [7, 11) is -6.94. The first-order valence-electron chi connectivity index (χ1n) is 14.8. The van der Waals surface area contributed by atoms with Gasteiger partial charge in [-0.25, -0.2) is 45.9 Å². The second-order valence-corrected chi connectivity index (χ2v) is 16.6. The van der Waals surface area contributed by atoms with Gasteiger partial charge in [0.05, 0.1) is 47.8 Å². The minimum Gasteiger partial charge on any atom is -0.494 e. The largest absolute Gasteiger partial charge is 0.494 e. The van der Waals surface area contributed by atoms with Gasteiger partial charge in [-0.3, -0.25) is 9.99 Å². The number of nitrogens with one attached hydrogen (secondary N) is 2. The molecule has 2 heterocycles. The van der Waals surface area contributed by atoms with Crippen LogP contribution in [0, 0.1) is 5.82 Å². The number of morpholine rings is 1. The third-order valence-electron chi connectivity index (χ3n) is 7.91. The first kappa shape index (κ1) is 37.8. The van der Waals surface area contributed by atoms with Crippen molar-refractivity contribution >= 4 is 61.0 Å². The second-order valence-electron chi connectivity index (χ2n) is 11.6. The van der Waals surface area contributed by atoms with Crippen molar-refractivity contribution in [3.05, 3.63) is 93.5 Å². The van der Waals surface area contributed by atoms with Crippen molar-refractivity contribution in [1.82, 2.24) is 24.7 Å². The second kappa shape index (κ2) is 15.1. The first-order chi connectivity index (χ1) is 23.5. The number of primary sulfonamides is 1. The molecule has 1 saturated heterocycles. The average molecular weight is 788 g/mol. The van der Waals surface area contributed by atoms with Gasteiger partial charge in [-0.05, 0) is 47.5 Å². The Morgan fingerprint density at radius 3 is 2.42 bits per heavy atom. The number of amides is 2. The highest BCUT2D eigenvalue weighted by Gasteiger charge is 2.31. The number of hydrogen-bond acceptors (Lipinski definition) is 10. The summed E-state index contributed by atoms with van der Waals surface area (Å²) < 4.78 is 78.5. The Hall–Kier alpha value is -3.42. The van der Waals surface area contributed by atoms with Gasteiger partial charge in [-0.2, -0.15) is 0 Å². The van der Waals surface area contributed by atoms with Crippen molar-refractivity contribution in [1.29, 1.82) is 0 Å². The van der Waals surface area contributed by atoms with Crippen LogP contribution >= 0.6 is 35.0 Å². The number of urea groups is 1. The van der Waals surface area contributed by atoms with E-state index in [2.05, 4.69) is 10.4 Å². The predicted octanol–water partition coefficient (Wildman–Crippen LogP) is 4.83. The fraction of sp³-hybridized carbons (Fsp3) is 0.290. The highest BCUT2D eigenvalue weighted by molar-refractivity contribution is 7.98. The van der Waals surface area contributed by atoms with Crippen LogP contribution < -0.4 is 20.0 Å². The molecule has 1 fully saturated rings. The lowest BCUT2D eigenvalue weighted by Gasteiger charge is -2.28. The van der Waals surface area contributed by atoms with E-state index in [-0.39, 0.29) is 31.3 Å². The Morgan fingerprint density at radius 1 is 1.06 bits per heavy atom. The van der Waals surface area contributed by atoms with E-state index < -0.39 is 37.3 Å². The third kappa shape index (κ3) is 8.37. The zero-order valence-electron chi connectivity index (χ0n) is 26.9. The summed E-state index contributed by atoms with van der Waals surface area (Å²) in [6.07, 6.45) is 1.64. The molecule has 0 atom stereocenters. The molecule has 0 unspecified atom stereocenters. The predicted molar refractivity (Wildman–Crippen MR) is 187 cm³/mol. The lowest BCUT2D eigenvalue weighted by Crippen LogP contribution is -2.52. The van der Waals surface area contributed by atoms with Gasteiger partial charge in [0.2, 0.25) is 10.0 Å². The number of ether oxygens (including phenoxy) is 2. The minimum atomic E-state index is -4.24. The number of nitrogens with two attached hydrogens (primary N) is 1. The number of imidazole rings is 1. The number of methoxy groups -OCH3 is 1. The number of sulfonamides is 2. The molecule has 1 aliphatic heterocycles. The molecule has 0 saturated carbocycles. The molecule has 5 rings (SSSR count). The summed E-state index contributed by atoms with van der Waals surface area (Å²) in [6.45, 7) is 5.43. The van der Waals surface area contributed by atoms with Gasteiger partial charge in [0, 0.05) is 35.3 Å². The van der Waals surface area contributed by atoms with Gasteiger partial charge in [0.25, 0.3) is 10.0 Å². The monoisotopic (exact) mass is 786 g/mol. The summed E-state index contributed by atoms with van der Waals surface area (Å²) in [6, 6.07) is 12.0. The van der Waals surface area contributed by atoms with Crippen LogP contribution in [0.25, 0.3) is 5.69 Å². The van der Waals surface area contributed by atoms with Gasteiger partial charge < -0.3 is 9.47 Å². The molecule has 0 bridgehead atoms. The smallest absolute Gasteiger partial charge is 0.343 e. The van der Waals surface area contributed by atoms with Gasteiger partial charge in [-0.15, -0.1) is 0 Å². The van der Waals surface area contributed by atoms with E-state index in [0.29, 0.717) is 54.0 Å². The molecule has 2 amide bonds. The molecule has 4 aromatic rings. The molecule has 3 aromatic carbocycles. The van der Waals surface area contributed by atoms with Crippen LogP contribution in [0.4, 0.5) is 9.18 Å². The molecule has 0 spiro atoms. The maximum Gasteiger partial charge on any atom is 0.343 e. The number of hydrazine groups is 1. The fourth-order valence-electron chi connectivity index (χ4n) is 5.16. The highest BCUT2D eigenvalue weighted by Crippen LogP contribution is 2.39. The molecule has 1 aliphatic rings. The molecular weight excluding hydrogens is 754 g/mol. The van der Waals surface area contributed by atoms with Crippen LogP contribution in [0.15, 0.2) is 75.7 Å². The maximum atomic E-state index is 14.5. The number of benzene rings is 3. The van der Waals surface area contributed by atoms with Crippen LogP contribution in [0.3, 0.4) is 0 Å². The van der Waals surface area contributed by atoms with Crippen molar-refractivity contribution < 1.29 is 35.5 Å². The number of rotatable bonds is 11. The minimum absolute atomic E-state index is 0.00327. The van der Waals surface area contributed by atoms with E-state index in [0.717, 1.165) is 0 Å². The number of thioether (sulfide) groups is 1. The van der Waals surface area contributed by atoms with Gasteiger partial charge in [0.1, 0.15) is 4.90 Å². The Morgan fingerprint density at radius 2 is 1.78 bits per heavy atom. The van der Waals surface area contributed by atoms with E-state index in [4.69, 9.17) is 37.8 Å². The van der Waals surface area contributed by atoms with Crippen molar-refractivity contribution in [2.45, 2.75) is 40.0 Å². The third-order valence-corrected chi connectivity index (χ3v) is 12.0. The summed E-state index contributed by atoms with van der Waals surface area (Å²) in [5.41, 5.74) is 4.04. The average Bonchev–Trinajstić information content (AvgIpc) is 3.49. The first-order valence-corrected chi connectivity index (χ1v) is 19.6. The summed E-state index contributed by atoms with van der Waals surface area (Å²) in [5, 5.41) is 7.43. The lowest BCUT2D eigenvalue weighted by atomic mass is 9.81. The van der Waals surface area contributed by atoms with Crippen LogP contribution in [0.2, 0.25) is 10.0 Å². The molecule has 13 nitrogen and oxygen atoms in total. The SMILES string of the molecule is COc1cc(-n2c(C(C)(C)c3ccc(S(N)(=O)=O)c(Cl)c3)cnc2SCc2ccc(S(=O)(=O)NC(=O)NN3CCOCC3)cc2Cl)ccc1F. The normalized spacial score (nSPS) is 14.4. The Labute approximate surface area is 303 Å². The van der Waals surface area contributed by atoms with E-state index in [1.807, 2.05) is 18.6 Å². The summed E-state index contributed by atoms with van der Waals surface area (Å²) in [5.74, 6) is -0.316. The van der Waals surface area contributed by atoms with Crippen molar-refractivity contribution in [2.24, 2.45) is 5.14 Å². The molecular formula is C31H33Cl2FN6O7S3. The van der Waals surface area contributed by atoms with Gasteiger partial charge in [-0.1, -0.05) is 60.9 Å². The number of carbonyl (C=O) groups is 1. The van der Waals surface area contributed by atoms with Crippen LogP contribution in [-0.4, -0.2) is 70.8 Å². The quantitative estimate of drug-likeness (QED) is 0.179. The van der Waals surface area contributed by atoms with E-state index in [1.54, 1.807) is 27.9 Å². The number of halogens is 3. The van der Waals surface area contributed by atoms with Crippen molar-refractivity contribution in [2.75, 3.05) is 33.4 Å². The standard InChI is InChI=1S/C31H33Cl2FN6O7S3/c1-31(2,20-5-9-27(24(33)14-20)49(35,42)43)28-17-36-30(40(28)21-6-8-25(34)26(15-21)46-3)48-18-19-4-7-22(16-23(19)32)50(44,45)38-29(41)37-39-10-12-47-13-11-39/h4-9,14-17H,10-13,18H2,1-3H3,(H2,35,42,43)(H2,37,38,41). The van der Waals surface area contributed by atoms with Crippen LogP contribution in [0.5, 0.6) is 5.75 Å². The van der Waals surface area contributed by atoms with E-state index in [9.17, 15) is 26.0 Å². The highest BCUT2D eigenvalue weighted by atomic mass is 35.5. The van der Waals surface area contributed by atoms with Crippen molar-refractivity contribution in [3.8, 4) is 11.4 Å². The van der Waals surface area contributed by atoms with Crippen molar-refractivity contribution in [3.63, 3.8) is 0 Å². The zero-order valence-corrected chi connectivity index (χ0v) is 30.9.